The Bertz CT molecular complexity index is 662. The first-order chi connectivity index (χ1) is 11.1. The topological polar surface area (TPSA) is 66.6 Å². The second kappa shape index (κ2) is 8.03. The maximum Gasteiger partial charge on any atom is 0.333 e. The molecule has 0 heterocycles. The summed E-state index contributed by atoms with van der Waals surface area (Å²) in [5, 5.41) is 9.26. The minimum Gasteiger partial charge on any atom is -0.478 e. The predicted molar refractivity (Wildman–Crippen MR) is 93.1 cm³/mol. The molecule has 0 aliphatic rings. The van der Waals surface area contributed by atoms with Gasteiger partial charge in [0.25, 0.3) is 0 Å². The molecule has 2 aromatic carbocycles. The fourth-order valence-corrected chi connectivity index (χ4v) is 2.46. The van der Waals surface area contributed by atoms with Crippen LogP contribution in [0, 0.1) is 0 Å². The predicted octanol–water partition coefficient (Wildman–Crippen LogP) is 3.40. The van der Waals surface area contributed by atoms with Crippen molar-refractivity contribution in [2.45, 2.75) is 19.9 Å². The Morgan fingerprint density at radius 3 is 2.13 bits per heavy atom. The lowest BCUT2D eigenvalue weighted by molar-refractivity contribution is -0.132. The van der Waals surface area contributed by atoms with Crippen LogP contribution in [0.5, 0.6) is 0 Å². The van der Waals surface area contributed by atoms with Gasteiger partial charge in [0.1, 0.15) is 0 Å². The molecule has 0 saturated carbocycles. The highest BCUT2D eigenvalue weighted by Gasteiger charge is 2.13. The Hall–Kier alpha value is -2.75. The molecular weight excluding hydrogens is 288 g/mol. The van der Waals surface area contributed by atoms with E-state index in [0.717, 1.165) is 12.2 Å². The Morgan fingerprint density at radius 2 is 1.61 bits per heavy atom. The average Bonchev–Trinajstić information content (AvgIpc) is 2.55. The molecule has 0 amide bonds. The van der Waals surface area contributed by atoms with Crippen LogP contribution >= 0.6 is 0 Å². The van der Waals surface area contributed by atoms with E-state index in [4.69, 9.17) is 5.73 Å². The van der Waals surface area contributed by atoms with Gasteiger partial charge in [-0.05, 0) is 31.0 Å². The minimum absolute atomic E-state index is 0.277. The first-order valence-corrected chi connectivity index (χ1v) is 7.60. The van der Waals surface area contributed by atoms with E-state index in [9.17, 15) is 9.90 Å². The van der Waals surface area contributed by atoms with Gasteiger partial charge in [-0.25, -0.2) is 4.79 Å². The van der Waals surface area contributed by atoms with Crippen LogP contribution in [-0.2, 0) is 11.3 Å². The van der Waals surface area contributed by atoms with E-state index in [1.807, 2.05) is 48.5 Å². The van der Waals surface area contributed by atoms with Crippen LogP contribution < -0.4 is 10.6 Å². The van der Waals surface area contributed by atoms with Crippen molar-refractivity contribution in [1.82, 2.24) is 0 Å². The molecule has 0 spiro atoms. The fourth-order valence-electron chi connectivity index (χ4n) is 2.46. The number of nitrogens with two attached hydrogens (primary N) is 1. The lowest BCUT2D eigenvalue weighted by atomic mass is 10.1. The van der Waals surface area contributed by atoms with E-state index >= 15 is 0 Å². The molecule has 0 fully saturated rings. The highest BCUT2D eigenvalue weighted by Crippen LogP contribution is 2.19. The van der Waals surface area contributed by atoms with Crippen LogP contribution in [0.3, 0.4) is 0 Å². The monoisotopic (exact) mass is 310 g/mol. The van der Waals surface area contributed by atoms with E-state index in [1.54, 1.807) is 6.92 Å². The number of allylic oxidation sites excluding steroid dienone is 1. The number of anilines is 1. The third kappa shape index (κ3) is 4.88. The van der Waals surface area contributed by atoms with E-state index < -0.39 is 5.97 Å². The zero-order valence-electron chi connectivity index (χ0n) is 13.3. The standard InChI is InChI=1S/C19H22N2O2/c1-15(20)18(19(22)23)12-13-21(17-10-6-3-7-11-17)14-16-8-4-2-5-9-16/h2-11H,12-14,20H2,1H3,(H,22,23)/b18-15-. The number of carboxylic acid groups (broad SMARTS) is 1. The molecule has 23 heavy (non-hydrogen) atoms. The molecule has 0 unspecified atom stereocenters. The summed E-state index contributed by atoms with van der Waals surface area (Å²) in [6.45, 7) is 2.95. The second-order valence-electron chi connectivity index (χ2n) is 5.46. The van der Waals surface area contributed by atoms with Crippen molar-refractivity contribution < 1.29 is 9.90 Å². The maximum absolute atomic E-state index is 11.3. The van der Waals surface area contributed by atoms with Crippen molar-refractivity contribution in [2.24, 2.45) is 5.73 Å². The molecule has 4 heteroatoms. The van der Waals surface area contributed by atoms with Crippen molar-refractivity contribution in [2.75, 3.05) is 11.4 Å². The SMILES string of the molecule is C/C(N)=C(\CCN(Cc1ccccc1)c1ccccc1)C(=O)O. The van der Waals surface area contributed by atoms with Crippen molar-refractivity contribution in [1.29, 1.82) is 0 Å². The van der Waals surface area contributed by atoms with Crippen molar-refractivity contribution >= 4 is 11.7 Å². The Kier molecular flexibility index (Phi) is 5.80. The number of benzene rings is 2. The number of hydrogen-bond donors (Lipinski definition) is 2. The molecule has 2 aromatic rings. The molecule has 0 atom stereocenters. The van der Waals surface area contributed by atoms with Crippen LogP contribution in [0.25, 0.3) is 0 Å². The molecule has 3 N–H and O–H groups in total. The molecule has 0 aromatic heterocycles. The van der Waals surface area contributed by atoms with Gasteiger partial charge < -0.3 is 15.7 Å². The van der Waals surface area contributed by atoms with Gasteiger partial charge in [0.05, 0.1) is 5.57 Å². The largest absolute Gasteiger partial charge is 0.478 e. The van der Waals surface area contributed by atoms with E-state index in [1.165, 1.54) is 5.56 Å². The van der Waals surface area contributed by atoms with E-state index in [0.29, 0.717) is 18.7 Å². The first-order valence-electron chi connectivity index (χ1n) is 7.60. The molecule has 4 nitrogen and oxygen atoms in total. The molecule has 0 aliphatic carbocycles. The van der Waals surface area contributed by atoms with E-state index in [2.05, 4.69) is 17.0 Å². The highest BCUT2D eigenvalue weighted by molar-refractivity contribution is 5.87. The quantitative estimate of drug-likeness (QED) is 0.769. The van der Waals surface area contributed by atoms with Crippen molar-refractivity contribution in [3.8, 4) is 0 Å². The molecule has 120 valence electrons. The lowest BCUT2D eigenvalue weighted by Gasteiger charge is -2.25. The first kappa shape index (κ1) is 16.6. The summed E-state index contributed by atoms with van der Waals surface area (Å²) in [4.78, 5) is 13.5. The second-order valence-corrected chi connectivity index (χ2v) is 5.46. The lowest BCUT2D eigenvalue weighted by Crippen LogP contribution is -2.25. The minimum atomic E-state index is -0.947. The summed E-state index contributed by atoms with van der Waals surface area (Å²) in [5.74, 6) is -0.947. The number of carboxylic acids is 1. The van der Waals surface area contributed by atoms with Gasteiger partial charge >= 0.3 is 5.97 Å². The Morgan fingerprint density at radius 1 is 1.04 bits per heavy atom. The molecule has 0 saturated heterocycles. The summed E-state index contributed by atoms with van der Waals surface area (Å²) in [7, 11) is 0. The van der Waals surface area contributed by atoms with Crippen LogP contribution in [0.2, 0.25) is 0 Å². The van der Waals surface area contributed by atoms with Gasteiger partial charge in [0.2, 0.25) is 0 Å². The average molecular weight is 310 g/mol. The summed E-state index contributed by atoms with van der Waals surface area (Å²) < 4.78 is 0. The van der Waals surface area contributed by atoms with Crippen LogP contribution in [0.15, 0.2) is 71.9 Å². The molecule has 0 bridgehead atoms. The Balaban J connectivity index is 2.17. The van der Waals surface area contributed by atoms with E-state index in [-0.39, 0.29) is 5.57 Å². The van der Waals surface area contributed by atoms with Gasteiger partial charge in [0, 0.05) is 24.5 Å². The van der Waals surface area contributed by atoms with Gasteiger partial charge in [-0.1, -0.05) is 48.5 Å². The van der Waals surface area contributed by atoms with Crippen LogP contribution in [-0.4, -0.2) is 17.6 Å². The van der Waals surface area contributed by atoms with Gasteiger partial charge in [-0.15, -0.1) is 0 Å². The van der Waals surface area contributed by atoms with Gasteiger partial charge in [-0.3, -0.25) is 0 Å². The smallest absolute Gasteiger partial charge is 0.333 e. The fraction of sp³-hybridized carbons (Fsp3) is 0.211. The van der Waals surface area contributed by atoms with Crippen LogP contribution in [0.1, 0.15) is 18.9 Å². The molecule has 0 radical (unpaired) electrons. The number of carbonyl (C=O) groups is 1. The highest BCUT2D eigenvalue weighted by atomic mass is 16.4. The summed E-state index contributed by atoms with van der Waals surface area (Å²) in [6.07, 6.45) is 0.402. The molecule has 2 rings (SSSR count). The maximum atomic E-state index is 11.3. The molecular formula is C19H22N2O2. The molecule has 0 aliphatic heterocycles. The third-order valence-electron chi connectivity index (χ3n) is 3.70. The zero-order valence-corrected chi connectivity index (χ0v) is 13.3. The number of rotatable bonds is 7. The number of nitrogens with zero attached hydrogens (tertiary/aromatic N) is 1. The normalized spacial score (nSPS) is 11.7. The summed E-state index contributed by atoms with van der Waals surface area (Å²) >= 11 is 0. The van der Waals surface area contributed by atoms with Crippen LogP contribution in [0.4, 0.5) is 5.69 Å². The third-order valence-corrected chi connectivity index (χ3v) is 3.70. The summed E-state index contributed by atoms with van der Waals surface area (Å²) in [6, 6.07) is 20.1. The van der Waals surface area contributed by atoms with Crippen molar-refractivity contribution in [3.05, 3.63) is 77.5 Å². The van der Waals surface area contributed by atoms with Crippen molar-refractivity contribution in [3.63, 3.8) is 0 Å². The zero-order chi connectivity index (χ0) is 16.7. The summed E-state index contributed by atoms with van der Waals surface area (Å²) in [5.41, 5.74) is 8.59. The van der Waals surface area contributed by atoms with Gasteiger partial charge in [0.15, 0.2) is 0 Å². The number of hydrogen-bond acceptors (Lipinski definition) is 3. The number of para-hydroxylation sites is 1. The Labute approximate surface area is 136 Å². The number of aliphatic carboxylic acids is 1. The van der Waals surface area contributed by atoms with Gasteiger partial charge in [-0.2, -0.15) is 0 Å².